The summed E-state index contributed by atoms with van der Waals surface area (Å²) in [7, 11) is 5.65. The number of hydrogen-bond donors (Lipinski definition) is 2. The van der Waals surface area contributed by atoms with Gasteiger partial charge >= 0.3 is 0 Å². The molecule has 0 bridgehead atoms. The van der Waals surface area contributed by atoms with E-state index in [4.69, 9.17) is 15.6 Å². The highest BCUT2D eigenvalue weighted by Crippen LogP contribution is 2.23. The van der Waals surface area contributed by atoms with Crippen LogP contribution in [0, 0.1) is 0 Å². The maximum atomic E-state index is 9.02. The molecule has 0 saturated carbocycles. The van der Waals surface area contributed by atoms with Crippen molar-refractivity contribution in [3.8, 4) is 5.75 Å². The van der Waals surface area contributed by atoms with Gasteiger partial charge in [0.05, 0.1) is 19.8 Å². The molecule has 0 radical (unpaired) electrons. The molecule has 0 aliphatic rings. The van der Waals surface area contributed by atoms with E-state index in [1.807, 2.05) is 32.3 Å². The molecule has 16 heavy (non-hydrogen) atoms. The highest BCUT2D eigenvalue weighted by Gasteiger charge is 2.09. The lowest BCUT2D eigenvalue weighted by atomic mass is 10.0. The van der Waals surface area contributed by atoms with E-state index >= 15 is 0 Å². The van der Waals surface area contributed by atoms with Crippen molar-refractivity contribution in [2.75, 3.05) is 27.8 Å². The summed E-state index contributed by atoms with van der Waals surface area (Å²) in [5.41, 5.74) is 7.79. The third-order valence-corrected chi connectivity index (χ3v) is 2.42. The maximum absolute atomic E-state index is 9.02. The Balaban J connectivity index is 3.00. The summed E-state index contributed by atoms with van der Waals surface area (Å²) in [6.45, 7) is 0.739. The summed E-state index contributed by atoms with van der Waals surface area (Å²) in [6, 6.07) is 5.44. The molecule has 1 aromatic carbocycles. The van der Waals surface area contributed by atoms with Crippen LogP contribution in [-0.2, 0) is 6.54 Å². The van der Waals surface area contributed by atoms with Crippen molar-refractivity contribution in [1.29, 1.82) is 0 Å². The second kappa shape index (κ2) is 5.84. The van der Waals surface area contributed by atoms with Crippen molar-refractivity contribution in [2.45, 2.75) is 12.6 Å². The van der Waals surface area contributed by atoms with E-state index in [-0.39, 0.29) is 12.6 Å². The summed E-state index contributed by atoms with van der Waals surface area (Å²) < 4.78 is 5.28. The van der Waals surface area contributed by atoms with Crippen LogP contribution in [0.25, 0.3) is 0 Å². The molecule has 0 saturated heterocycles. The average Bonchev–Trinajstić information content (AvgIpc) is 2.27. The molecule has 0 spiro atoms. The predicted molar refractivity (Wildman–Crippen MR) is 64.4 cm³/mol. The van der Waals surface area contributed by atoms with Gasteiger partial charge in [-0.2, -0.15) is 0 Å². The summed E-state index contributed by atoms with van der Waals surface area (Å²) in [5.74, 6) is 0.850. The first kappa shape index (κ1) is 13.0. The maximum Gasteiger partial charge on any atom is 0.123 e. The highest BCUT2D eigenvalue weighted by atomic mass is 16.5. The SMILES string of the molecule is COc1ccc([C@@H](N)CO)cc1CN(C)C. The van der Waals surface area contributed by atoms with Gasteiger partial charge in [-0.1, -0.05) is 6.07 Å². The molecule has 1 atom stereocenters. The zero-order chi connectivity index (χ0) is 12.1. The second-order valence-electron chi connectivity index (χ2n) is 4.10. The van der Waals surface area contributed by atoms with Crippen molar-refractivity contribution in [2.24, 2.45) is 5.73 Å². The smallest absolute Gasteiger partial charge is 0.123 e. The molecule has 1 rings (SSSR count). The van der Waals surface area contributed by atoms with E-state index in [1.165, 1.54) is 0 Å². The van der Waals surface area contributed by atoms with Gasteiger partial charge in [-0.3, -0.25) is 0 Å². The number of aliphatic hydroxyl groups is 1. The Labute approximate surface area is 96.6 Å². The fourth-order valence-electron chi connectivity index (χ4n) is 1.60. The molecule has 4 heteroatoms. The van der Waals surface area contributed by atoms with Gasteiger partial charge < -0.3 is 20.5 Å². The Morgan fingerprint density at radius 1 is 1.44 bits per heavy atom. The fourth-order valence-corrected chi connectivity index (χ4v) is 1.60. The lowest BCUT2D eigenvalue weighted by molar-refractivity contribution is 0.267. The van der Waals surface area contributed by atoms with Crippen LogP contribution in [0.1, 0.15) is 17.2 Å². The Hall–Kier alpha value is -1.10. The Kier molecular flexibility index (Phi) is 4.73. The summed E-state index contributed by atoms with van der Waals surface area (Å²) in [5, 5.41) is 9.02. The number of nitrogens with two attached hydrogens (primary N) is 1. The number of methoxy groups -OCH3 is 1. The van der Waals surface area contributed by atoms with Gasteiger partial charge in [-0.15, -0.1) is 0 Å². The molecule has 0 fully saturated rings. The topological polar surface area (TPSA) is 58.7 Å². The van der Waals surface area contributed by atoms with E-state index in [0.29, 0.717) is 0 Å². The molecule has 4 nitrogen and oxygen atoms in total. The lowest BCUT2D eigenvalue weighted by Gasteiger charge is -2.16. The number of aliphatic hydroxyl groups excluding tert-OH is 1. The quantitative estimate of drug-likeness (QED) is 0.775. The molecule has 0 unspecified atom stereocenters. The molecular weight excluding hydrogens is 204 g/mol. The first-order valence-electron chi connectivity index (χ1n) is 5.26. The normalized spacial score (nSPS) is 12.9. The minimum absolute atomic E-state index is 0.0479. The third-order valence-electron chi connectivity index (χ3n) is 2.42. The van der Waals surface area contributed by atoms with E-state index in [1.54, 1.807) is 7.11 Å². The van der Waals surface area contributed by atoms with Crippen molar-refractivity contribution >= 4 is 0 Å². The third kappa shape index (κ3) is 3.20. The minimum Gasteiger partial charge on any atom is -0.496 e. The van der Waals surface area contributed by atoms with Gasteiger partial charge in [-0.25, -0.2) is 0 Å². The number of ether oxygens (including phenoxy) is 1. The van der Waals surface area contributed by atoms with Gasteiger partial charge in [0, 0.05) is 12.1 Å². The first-order valence-corrected chi connectivity index (χ1v) is 5.26. The highest BCUT2D eigenvalue weighted by molar-refractivity contribution is 5.38. The molecule has 0 aromatic heterocycles. The van der Waals surface area contributed by atoms with Crippen LogP contribution in [0.4, 0.5) is 0 Å². The van der Waals surface area contributed by atoms with E-state index in [9.17, 15) is 0 Å². The summed E-state index contributed by atoms with van der Waals surface area (Å²) >= 11 is 0. The lowest BCUT2D eigenvalue weighted by Crippen LogP contribution is -2.16. The molecule has 0 heterocycles. The largest absolute Gasteiger partial charge is 0.496 e. The van der Waals surface area contributed by atoms with Gasteiger partial charge in [0.1, 0.15) is 5.75 Å². The zero-order valence-corrected chi connectivity index (χ0v) is 10.1. The predicted octanol–water partition coefficient (Wildman–Crippen LogP) is 0.749. The van der Waals surface area contributed by atoms with Gasteiger partial charge in [0.15, 0.2) is 0 Å². The molecule has 0 amide bonds. The Morgan fingerprint density at radius 3 is 2.62 bits per heavy atom. The number of hydrogen-bond acceptors (Lipinski definition) is 4. The van der Waals surface area contributed by atoms with Crippen LogP contribution in [0.3, 0.4) is 0 Å². The standard InChI is InChI=1S/C12H20N2O2/c1-14(2)7-10-6-9(11(13)8-15)4-5-12(10)16-3/h4-6,11,15H,7-8,13H2,1-3H3/t11-/m0/s1. The average molecular weight is 224 g/mol. The Morgan fingerprint density at radius 2 is 2.12 bits per heavy atom. The fraction of sp³-hybridized carbons (Fsp3) is 0.500. The van der Waals surface area contributed by atoms with Crippen LogP contribution in [0.15, 0.2) is 18.2 Å². The van der Waals surface area contributed by atoms with Crippen LogP contribution in [0.2, 0.25) is 0 Å². The van der Waals surface area contributed by atoms with Crippen LogP contribution >= 0.6 is 0 Å². The number of rotatable bonds is 5. The number of nitrogens with zero attached hydrogens (tertiary/aromatic N) is 1. The van der Waals surface area contributed by atoms with Crippen molar-refractivity contribution in [1.82, 2.24) is 4.90 Å². The molecule has 3 N–H and O–H groups in total. The number of benzene rings is 1. The van der Waals surface area contributed by atoms with E-state index < -0.39 is 0 Å². The van der Waals surface area contributed by atoms with Gasteiger partial charge in [0.2, 0.25) is 0 Å². The van der Waals surface area contributed by atoms with Crippen LogP contribution in [-0.4, -0.2) is 37.8 Å². The molecule has 1 aromatic rings. The molecule has 0 aliphatic carbocycles. The van der Waals surface area contributed by atoms with Crippen molar-refractivity contribution in [3.05, 3.63) is 29.3 Å². The zero-order valence-electron chi connectivity index (χ0n) is 10.1. The molecule has 0 aliphatic heterocycles. The monoisotopic (exact) mass is 224 g/mol. The van der Waals surface area contributed by atoms with Gasteiger partial charge in [0.25, 0.3) is 0 Å². The van der Waals surface area contributed by atoms with Crippen molar-refractivity contribution < 1.29 is 9.84 Å². The Bertz CT molecular complexity index is 340. The van der Waals surface area contributed by atoms with Crippen molar-refractivity contribution in [3.63, 3.8) is 0 Å². The minimum atomic E-state index is -0.327. The van der Waals surface area contributed by atoms with Gasteiger partial charge in [-0.05, 0) is 31.8 Å². The van der Waals surface area contributed by atoms with Crippen LogP contribution < -0.4 is 10.5 Å². The first-order chi connectivity index (χ1) is 7.58. The summed E-state index contributed by atoms with van der Waals surface area (Å²) in [6.07, 6.45) is 0. The molecule has 90 valence electrons. The second-order valence-corrected chi connectivity index (χ2v) is 4.10. The summed E-state index contributed by atoms with van der Waals surface area (Å²) in [4.78, 5) is 2.06. The van der Waals surface area contributed by atoms with Crippen LogP contribution in [0.5, 0.6) is 5.75 Å². The van der Waals surface area contributed by atoms with E-state index in [2.05, 4.69) is 4.90 Å². The van der Waals surface area contributed by atoms with E-state index in [0.717, 1.165) is 23.4 Å². The molecular formula is C12H20N2O2.